The van der Waals surface area contributed by atoms with Crippen LogP contribution in [0.15, 0.2) is 35.6 Å². The van der Waals surface area contributed by atoms with Crippen LogP contribution in [0.1, 0.15) is 6.92 Å². The number of halogens is 3. The summed E-state index contributed by atoms with van der Waals surface area (Å²) in [6.07, 6.45) is 0.349. The molecular formula is C15H17F3N2O4. The third-order valence-corrected chi connectivity index (χ3v) is 3.98. The number of allylic oxidation sites excluding steroid dienone is 2. The van der Waals surface area contributed by atoms with Crippen LogP contribution in [-0.2, 0) is 19.1 Å². The van der Waals surface area contributed by atoms with Gasteiger partial charge in [0.2, 0.25) is 5.54 Å². The van der Waals surface area contributed by atoms with Crippen molar-refractivity contribution in [2.24, 2.45) is 11.7 Å². The van der Waals surface area contributed by atoms with E-state index in [0.717, 1.165) is 13.3 Å². The molecule has 0 aromatic rings. The Labute approximate surface area is 136 Å². The van der Waals surface area contributed by atoms with Crippen LogP contribution in [0.5, 0.6) is 0 Å². The van der Waals surface area contributed by atoms with E-state index in [1.54, 1.807) is 6.08 Å². The van der Waals surface area contributed by atoms with Crippen molar-refractivity contribution in [3.63, 3.8) is 0 Å². The first-order chi connectivity index (χ1) is 11.2. The third kappa shape index (κ3) is 2.68. The van der Waals surface area contributed by atoms with E-state index in [-0.39, 0.29) is 12.2 Å². The van der Waals surface area contributed by atoms with E-state index < -0.39 is 41.2 Å². The monoisotopic (exact) mass is 346 g/mol. The fraction of sp³-hybridized carbons (Fsp3) is 0.467. The number of carbonyl (C=O) groups is 2. The lowest BCUT2D eigenvalue weighted by Crippen LogP contribution is -2.63. The maximum absolute atomic E-state index is 13.7. The van der Waals surface area contributed by atoms with Gasteiger partial charge in [-0.05, 0) is 18.7 Å². The van der Waals surface area contributed by atoms with Crippen molar-refractivity contribution >= 4 is 11.9 Å². The molecule has 0 aromatic carbocycles. The minimum Gasteiger partial charge on any atom is -0.466 e. The molecule has 132 valence electrons. The molecule has 1 heterocycles. The second-order valence-corrected chi connectivity index (χ2v) is 5.29. The summed E-state index contributed by atoms with van der Waals surface area (Å²) in [6, 6.07) is -0.640. The lowest BCUT2D eigenvalue weighted by atomic mass is 9.75. The Morgan fingerprint density at radius 1 is 1.38 bits per heavy atom. The van der Waals surface area contributed by atoms with E-state index in [1.807, 2.05) is 0 Å². The second-order valence-electron chi connectivity index (χ2n) is 5.29. The molecule has 9 heteroatoms. The molecule has 3 atom stereocenters. The van der Waals surface area contributed by atoms with Gasteiger partial charge in [-0.25, -0.2) is 9.59 Å². The summed E-state index contributed by atoms with van der Waals surface area (Å²) in [4.78, 5) is 23.9. The Bertz CT molecular complexity index is 639. The Hall–Kier alpha value is -2.29. The number of carbonyl (C=O) groups excluding carboxylic acids is 2. The zero-order valence-corrected chi connectivity index (χ0v) is 13.0. The highest BCUT2D eigenvalue weighted by Gasteiger charge is 2.64. The van der Waals surface area contributed by atoms with Crippen molar-refractivity contribution in [3.8, 4) is 0 Å². The van der Waals surface area contributed by atoms with Crippen molar-refractivity contribution < 1.29 is 32.2 Å². The third-order valence-electron chi connectivity index (χ3n) is 3.98. The van der Waals surface area contributed by atoms with Crippen LogP contribution in [-0.4, -0.2) is 43.4 Å². The number of nitrogens with one attached hydrogen (secondary N) is 1. The quantitative estimate of drug-likeness (QED) is 0.737. The zero-order valence-electron chi connectivity index (χ0n) is 13.0. The first kappa shape index (κ1) is 18.1. The minimum atomic E-state index is -5.11. The molecule has 0 spiro atoms. The second kappa shape index (κ2) is 6.31. The molecule has 2 rings (SSSR count). The fourth-order valence-corrected chi connectivity index (χ4v) is 2.79. The average molecular weight is 346 g/mol. The molecule has 0 aromatic heterocycles. The normalized spacial score (nSPS) is 24.9. The maximum atomic E-state index is 13.7. The van der Waals surface area contributed by atoms with Gasteiger partial charge in [0, 0.05) is 11.5 Å². The van der Waals surface area contributed by atoms with Crippen LogP contribution >= 0.6 is 0 Å². The molecule has 0 saturated heterocycles. The molecule has 0 radical (unpaired) electrons. The van der Waals surface area contributed by atoms with Gasteiger partial charge in [0.1, 0.15) is 0 Å². The van der Waals surface area contributed by atoms with Crippen LogP contribution < -0.4 is 11.1 Å². The van der Waals surface area contributed by atoms with E-state index >= 15 is 0 Å². The number of hydrogen-bond acceptors (Lipinski definition) is 6. The summed E-state index contributed by atoms with van der Waals surface area (Å²) < 4.78 is 50.1. The summed E-state index contributed by atoms with van der Waals surface area (Å²) >= 11 is 0. The molecule has 0 amide bonds. The molecule has 3 unspecified atom stereocenters. The molecule has 3 N–H and O–H groups in total. The molecule has 0 bridgehead atoms. The van der Waals surface area contributed by atoms with Gasteiger partial charge in [-0.3, -0.25) is 0 Å². The molecule has 0 fully saturated rings. The number of ether oxygens (including phenoxy) is 2. The average Bonchev–Trinajstić information content (AvgIpc) is 2.96. The highest BCUT2D eigenvalue weighted by molar-refractivity contribution is 5.93. The summed E-state index contributed by atoms with van der Waals surface area (Å²) in [7, 11) is 1.12. The lowest BCUT2D eigenvalue weighted by molar-refractivity contribution is -0.198. The number of alkyl halides is 3. The first-order valence-electron chi connectivity index (χ1n) is 7.14. The van der Waals surface area contributed by atoms with Gasteiger partial charge in [-0.15, -0.1) is 0 Å². The zero-order chi connectivity index (χ0) is 18.1. The van der Waals surface area contributed by atoms with Gasteiger partial charge < -0.3 is 20.5 Å². The topological polar surface area (TPSA) is 90.6 Å². The molecule has 1 aliphatic carbocycles. The number of nitrogens with two attached hydrogens (primary N) is 1. The van der Waals surface area contributed by atoms with Gasteiger partial charge in [-0.2, -0.15) is 13.2 Å². The summed E-state index contributed by atoms with van der Waals surface area (Å²) in [6.45, 7) is 1.12. The van der Waals surface area contributed by atoms with Crippen LogP contribution in [0, 0.1) is 5.92 Å². The molecule has 24 heavy (non-hydrogen) atoms. The molecular weight excluding hydrogens is 329 g/mol. The van der Waals surface area contributed by atoms with E-state index in [4.69, 9.17) is 5.73 Å². The van der Waals surface area contributed by atoms with E-state index in [0.29, 0.717) is 0 Å². The van der Waals surface area contributed by atoms with Crippen molar-refractivity contribution in [1.82, 2.24) is 5.32 Å². The molecule has 1 aliphatic heterocycles. The van der Waals surface area contributed by atoms with Gasteiger partial charge in [0.25, 0.3) is 0 Å². The number of methoxy groups -OCH3 is 1. The van der Waals surface area contributed by atoms with Crippen molar-refractivity contribution in [1.29, 1.82) is 0 Å². The molecule has 0 saturated carbocycles. The lowest BCUT2D eigenvalue weighted by Gasteiger charge is -2.35. The van der Waals surface area contributed by atoms with Crippen LogP contribution in [0.3, 0.4) is 0 Å². The Kier molecular flexibility index (Phi) is 4.75. The number of esters is 2. The van der Waals surface area contributed by atoms with E-state index in [9.17, 15) is 22.8 Å². The maximum Gasteiger partial charge on any atom is 0.421 e. The first-order valence-corrected chi connectivity index (χ1v) is 7.14. The van der Waals surface area contributed by atoms with Crippen LogP contribution in [0.25, 0.3) is 0 Å². The Morgan fingerprint density at radius 2 is 2.04 bits per heavy atom. The van der Waals surface area contributed by atoms with Gasteiger partial charge in [0.05, 0.1) is 19.8 Å². The van der Waals surface area contributed by atoms with Gasteiger partial charge >= 0.3 is 18.1 Å². The van der Waals surface area contributed by atoms with E-state index in [2.05, 4.69) is 14.8 Å². The minimum absolute atomic E-state index is 0.0235. The number of rotatable bonds is 4. The predicted molar refractivity (Wildman–Crippen MR) is 77.3 cm³/mol. The predicted octanol–water partition coefficient (Wildman–Crippen LogP) is 0.950. The summed E-state index contributed by atoms with van der Waals surface area (Å²) in [5.74, 6) is -3.50. The SMILES string of the molecule is CCOC(=O)C(N)(C1=CNC2C=CC=C(C(=O)OC)C12)C(F)(F)F. The van der Waals surface area contributed by atoms with Crippen molar-refractivity contribution in [3.05, 3.63) is 35.6 Å². The van der Waals surface area contributed by atoms with Gasteiger partial charge in [0.15, 0.2) is 0 Å². The highest BCUT2D eigenvalue weighted by Crippen LogP contribution is 2.44. The summed E-state index contributed by atoms with van der Waals surface area (Å²) in [5, 5.41) is 2.71. The molecule has 6 nitrogen and oxygen atoms in total. The van der Waals surface area contributed by atoms with Crippen molar-refractivity contribution in [2.75, 3.05) is 13.7 Å². The molecule has 2 aliphatic rings. The van der Waals surface area contributed by atoms with Gasteiger partial charge in [-0.1, -0.05) is 18.2 Å². The Balaban J connectivity index is 2.52. The fourth-order valence-electron chi connectivity index (χ4n) is 2.79. The standard InChI is InChI=1S/C15H17F3N2O4/c1-3-24-13(22)14(19,15(16,17)18)9-7-20-10-6-4-5-8(11(9)10)12(21)23-2/h4-7,10-11,20H,3,19H2,1-2H3. The summed E-state index contributed by atoms with van der Waals surface area (Å²) in [5.41, 5.74) is 1.63. The smallest absolute Gasteiger partial charge is 0.421 e. The number of hydrogen-bond donors (Lipinski definition) is 2. The largest absolute Gasteiger partial charge is 0.466 e. The van der Waals surface area contributed by atoms with Crippen LogP contribution in [0.4, 0.5) is 13.2 Å². The highest BCUT2D eigenvalue weighted by atomic mass is 19.4. The Morgan fingerprint density at radius 3 is 2.58 bits per heavy atom. The van der Waals surface area contributed by atoms with E-state index in [1.165, 1.54) is 19.1 Å². The van der Waals surface area contributed by atoms with Crippen LogP contribution in [0.2, 0.25) is 0 Å². The van der Waals surface area contributed by atoms with Crippen molar-refractivity contribution in [2.45, 2.75) is 24.7 Å². The number of fused-ring (bicyclic) bond motifs is 1.